The average molecular weight is 252 g/mol. The zero-order valence-corrected chi connectivity index (χ0v) is 10.9. The van der Waals surface area contributed by atoms with Gasteiger partial charge in [-0.2, -0.15) is 11.8 Å². The van der Waals surface area contributed by atoms with Crippen molar-refractivity contribution in [1.29, 1.82) is 0 Å². The molecular formula is C14H20O2S. The number of aliphatic hydroxyl groups is 1. The molecule has 17 heavy (non-hydrogen) atoms. The van der Waals surface area contributed by atoms with Crippen molar-refractivity contribution in [1.82, 2.24) is 0 Å². The van der Waals surface area contributed by atoms with Gasteiger partial charge in [0.05, 0.1) is 0 Å². The van der Waals surface area contributed by atoms with Gasteiger partial charge < -0.3 is 9.84 Å². The number of aliphatic hydroxyl groups excluding tert-OH is 1. The fraction of sp³-hybridized carbons (Fsp3) is 0.571. The van der Waals surface area contributed by atoms with Crippen LogP contribution in [0.4, 0.5) is 0 Å². The molecule has 1 saturated heterocycles. The minimum atomic E-state index is 0.255. The van der Waals surface area contributed by atoms with Gasteiger partial charge in [0.2, 0.25) is 0 Å². The summed E-state index contributed by atoms with van der Waals surface area (Å²) < 4.78 is 6.00. The molecule has 1 aliphatic rings. The fourth-order valence-corrected chi connectivity index (χ4v) is 3.11. The quantitative estimate of drug-likeness (QED) is 0.874. The highest BCUT2D eigenvalue weighted by molar-refractivity contribution is 7.99. The normalized spacial score (nSPS) is 17.0. The van der Waals surface area contributed by atoms with Gasteiger partial charge in [0.15, 0.2) is 0 Å². The molecule has 1 fully saturated rings. The van der Waals surface area contributed by atoms with Crippen molar-refractivity contribution in [3.05, 3.63) is 29.8 Å². The van der Waals surface area contributed by atoms with Crippen molar-refractivity contribution in [3.63, 3.8) is 0 Å². The van der Waals surface area contributed by atoms with Crippen LogP contribution in [-0.4, -0.2) is 29.3 Å². The number of thioether (sulfide) groups is 1. The molecule has 0 amide bonds. The molecule has 1 heterocycles. The Morgan fingerprint density at radius 3 is 2.88 bits per heavy atom. The molecule has 2 nitrogen and oxygen atoms in total. The van der Waals surface area contributed by atoms with Crippen LogP contribution in [-0.2, 0) is 6.42 Å². The molecule has 0 atom stereocenters. The third-order valence-electron chi connectivity index (χ3n) is 2.99. The van der Waals surface area contributed by atoms with Gasteiger partial charge in [-0.1, -0.05) is 12.1 Å². The Morgan fingerprint density at radius 2 is 2.12 bits per heavy atom. The van der Waals surface area contributed by atoms with E-state index in [1.165, 1.54) is 17.1 Å². The maximum absolute atomic E-state index is 8.82. The highest BCUT2D eigenvalue weighted by atomic mass is 32.2. The average Bonchev–Trinajstić information content (AvgIpc) is 2.38. The lowest BCUT2D eigenvalue weighted by Crippen LogP contribution is -2.22. The van der Waals surface area contributed by atoms with Crippen LogP contribution in [0.15, 0.2) is 24.3 Å². The van der Waals surface area contributed by atoms with E-state index in [0.29, 0.717) is 6.10 Å². The molecule has 1 aromatic carbocycles. The summed E-state index contributed by atoms with van der Waals surface area (Å²) in [7, 11) is 0. The summed E-state index contributed by atoms with van der Waals surface area (Å²) in [5, 5.41) is 8.82. The Kier molecular flexibility index (Phi) is 5.20. The van der Waals surface area contributed by atoms with E-state index in [4.69, 9.17) is 9.84 Å². The Morgan fingerprint density at radius 1 is 1.29 bits per heavy atom. The first-order chi connectivity index (χ1) is 8.38. The van der Waals surface area contributed by atoms with Crippen molar-refractivity contribution in [3.8, 4) is 5.75 Å². The largest absolute Gasteiger partial charge is 0.490 e. The van der Waals surface area contributed by atoms with Gasteiger partial charge in [0, 0.05) is 6.61 Å². The van der Waals surface area contributed by atoms with Crippen molar-refractivity contribution in [2.75, 3.05) is 18.1 Å². The van der Waals surface area contributed by atoms with Gasteiger partial charge >= 0.3 is 0 Å². The summed E-state index contributed by atoms with van der Waals surface area (Å²) in [5.41, 5.74) is 1.25. The smallest absolute Gasteiger partial charge is 0.119 e. The van der Waals surface area contributed by atoms with E-state index in [-0.39, 0.29) is 6.61 Å². The van der Waals surface area contributed by atoms with Crippen LogP contribution in [0, 0.1) is 0 Å². The van der Waals surface area contributed by atoms with Crippen LogP contribution in [0.5, 0.6) is 5.75 Å². The molecule has 0 aliphatic carbocycles. The summed E-state index contributed by atoms with van der Waals surface area (Å²) in [4.78, 5) is 0. The van der Waals surface area contributed by atoms with Crippen LogP contribution in [0.25, 0.3) is 0 Å². The lowest BCUT2D eigenvalue weighted by molar-refractivity contribution is 0.192. The number of hydrogen-bond donors (Lipinski definition) is 1. The lowest BCUT2D eigenvalue weighted by Gasteiger charge is -2.23. The molecule has 1 aliphatic heterocycles. The van der Waals surface area contributed by atoms with E-state index in [9.17, 15) is 0 Å². The fourth-order valence-electron chi connectivity index (χ4n) is 2.04. The van der Waals surface area contributed by atoms with Gasteiger partial charge in [0.25, 0.3) is 0 Å². The summed E-state index contributed by atoms with van der Waals surface area (Å²) >= 11 is 2.02. The van der Waals surface area contributed by atoms with Crippen molar-refractivity contribution in [2.24, 2.45) is 0 Å². The molecule has 1 N–H and O–H groups in total. The Hall–Kier alpha value is -0.670. The maximum atomic E-state index is 8.82. The monoisotopic (exact) mass is 252 g/mol. The topological polar surface area (TPSA) is 29.5 Å². The van der Waals surface area contributed by atoms with E-state index in [0.717, 1.165) is 31.4 Å². The summed E-state index contributed by atoms with van der Waals surface area (Å²) in [6.45, 7) is 0.255. The molecule has 0 bridgehead atoms. The minimum Gasteiger partial charge on any atom is -0.490 e. The molecule has 94 valence electrons. The van der Waals surface area contributed by atoms with Gasteiger partial charge in [0.1, 0.15) is 11.9 Å². The zero-order chi connectivity index (χ0) is 11.9. The van der Waals surface area contributed by atoms with Crippen molar-refractivity contribution < 1.29 is 9.84 Å². The predicted molar refractivity (Wildman–Crippen MR) is 72.8 cm³/mol. The predicted octanol–water partition coefficient (Wildman–Crippen LogP) is 2.89. The number of hydrogen-bond acceptors (Lipinski definition) is 3. The van der Waals surface area contributed by atoms with Gasteiger partial charge in [-0.05, 0) is 54.9 Å². The Bertz CT molecular complexity index is 335. The first kappa shape index (κ1) is 12.8. The van der Waals surface area contributed by atoms with Crippen LogP contribution < -0.4 is 4.74 Å². The Labute approximate surface area is 107 Å². The zero-order valence-electron chi connectivity index (χ0n) is 10.1. The molecule has 3 heteroatoms. The SMILES string of the molecule is OCCCc1cccc(OC2CCSCC2)c1. The van der Waals surface area contributed by atoms with E-state index >= 15 is 0 Å². The standard InChI is InChI=1S/C14H20O2S/c15-8-2-4-12-3-1-5-14(11-12)16-13-6-9-17-10-7-13/h1,3,5,11,13,15H,2,4,6-10H2. The summed E-state index contributed by atoms with van der Waals surface area (Å²) in [6, 6.07) is 8.28. The Balaban J connectivity index is 1.90. The van der Waals surface area contributed by atoms with Crippen molar-refractivity contribution in [2.45, 2.75) is 31.8 Å². The number of aryl methyl sites for hydroxylation is 1. The highest BCUT2D eigenvalue weighted by Crippen LogP contribution is 2.23. The third-order valence-corrected chi connectivity index (χ3v) is 4.04. The third kappa shape index (κ3) is 4.25. The minimum absolute atomic E-state index is 0.255. The van der Waals surface area contributed by atoms with Crippen LogP contribution >= 0.6 is 11.8 Å². The summed E-state index contributed by atoms with van der Waals surface area (Å²) in [5.74, 6) is 3.42. The number of benzene rings is 1. The number of rotatable bonds is 5. The second kappa shape index (κ2) is 6.92. The first-order valence-electron chi connectivity index (χ1n) is 6.32. The van der Waals surface area contributed by atoms with Crippen molar-refractivity contribution >= 4 is 11.8 Å². The molecule has 2 rings (SSSR count). The lowest BCUT2D eigenvalue weighted by atomic mass is 10.1. The second-order valence-corrected chi connectivity index (χ2v) is 5.63. The van der Waals surface area contributed by atoms with Crippen LogP contribution in [0.1, 0.15) is 24.8 Å². The molecule has 0 saturated carbocycles. The van der Waals surface area contributed by atoms with E-state index in [1.54, 1.807) is 0 Å². The maximum Gasteiger partial charge on any atom is 0.119 e. The highest BCUT2D eigenvalue weighted by Gasteiger charge is 2.14. The molecule has 1 aromatic rings. The molecule has 0 spiro atoms. The molecule has 0 radical (unpaired) electrons. The van der Waals surface area contributed by atoms with E-state index < -0.39 is 0 Å². The molecule has 0 aromatic heterocycles. The first-order valence-corrected chi connectivity index (χ1v) is 7.48. The molecular weight excluding hydrogens is 232 g/mol. The van der Waals surface area contributed by atoms with Crippen LogP contribution in [0.3, 0.4) is 0 Å². The molecule has 0 unspecified atom stereocenters. The van der Waals surface area contributed by atoms with Gasteiger partial charge in [-0.3, -0.25) is 0 Å². The second-order valence-electron chi connectivity index (χ2n) is 4.40. The van der Waals surface area contributed by atoms with E-state index in [2.05, 4.69) is 12.1 Å². The number of ether oxygens (including phenoxy) is 1. The van der Waals surface area contributed by atoms with E-state index in [1.807, 2.05) is 23.9 Å². The summed E-state index contributed by atoms with van der Waals surface area (Å²) in [6.07, 6.45) is 4.46. The van der Waals surface area contributed by atoms with Gasteiger partial charge in [-0.15, -0.1) is 0 Å². The van der Waals surface area contributed by atoms with Crippen LogP contribution in [0.2, 0.25) is 0 Å². The van der Waals surface area contributed by atoms with Gasteiger partial charge in [-0.25, -0.2) is 0 Å².